The molecule has 170 valence electrons. The molecule has 1 amide bonds. The van der Waals surface area contributed by atoms with E-state index in [1.165, 1.54) is 24.1 Å². The lowest BCUT2D eigenvalue weighted by atomic mass is 10.00. The highest BCUT2D eigenvalue weighted by Crippen LogP contribution is 2.32. The van der Waals surface area contributed by atoms with Crippen molar-refractivity contribution in [2.75, 3.05) is 13.1 Å². The van der Waals surface area contributed by atoms with E-state index < -0.39 is 12.7 Å². The maximum atomic E-state index is 13.4. The van der Waals surface area contributed by atoms with Crippen LogP contribution in [0.4, 0.5) is 8.78 Å². The highest BCUT2D eigenvalue weighted by Gasteiger charge is 2.39. The molecule has 0 bridgehead atoms. The molecule has 1 atom stereocenters. The first kappa shape index (κ1) is 21.6. The van der Waals surface area contributed by atoms with E-state index in [9.17, 15) is 18.4 Å². The summed E-state index contributed by atoms with van der Waals surface area (Å²) >= 11 is 1.34. The number of hydrogen-bond acceptors (Lipinski definition) is 6. The minimum Gasteiger partial charge on any atom is -0.435 e. The number of rotatable bonds is 7. The largest absolute Gasteiger partial charge is 0.435 e. The summed E-state index contributed by atoms with van der Waals surface area (Å²) in [4.78, 5) is 29.4. The summed E-state index contributed by atoms with van der Waals surface area (Å²) in [5.41, 5.74) is 2.65. The van der Waals surface area contributed by atoms with Gasteiger partial charge in [-0.25, -0.2) is 4.09 Å². The van der Waals surface area contributed by atoms with Crippen molar-refractivity contribution in [1.29, 1.82) is 0 Å². The molecule has 1 aromatic heterocycles. The van der Waals surface area contributed by atoms with Gasteiger partial charge in [0.1, 0.15) is 11.8 Å². The Kier molecular flexibility index (Phi) is 5.86. The number of nitrogens with zero attached hydrogens (tertiary/aromatic N) is 4. The molecule has 0 spiro atoms. The number of hydrogen-bond donors (Lipinski definition) is 0. The zero-order valence-electron chi connectivity index (χ0n) is 17.4. The highest BCUT2D eigenvalue weighted by molar-refractivity contribution is 7.97. The van der Waals surface area contributed by atoms with Crippen LogP contribution in [-0.2, 0) is 22.7 Å². The summed E-state index contributed by atoms with van der Waals surface area (Å²) in [7, 11) is 0. The molecule has 1 saturated heterocycles. The Labute approximate surface area is 193 Å². The van der Waals surface area contributed by atoms with Gasteiger partial charge in [0.25, 0.3) is 0 Å². The van der Waals surface area contributed by atoms with Gasteiger partial charge in [-0.1, -0.05) is 30.3 Å². The molecule has 3 aromatic rings. The Bertz CT molecular complexity index is 1140. The Balaban J connectivity index is 1.25. The number of likely N-dealkylation sites (tertiary alicyclic amines) is 1. The van der Waals surface area contributed by atoms with Crippen LogP contribution in [0.15, 0.2) is 65.7 Å². The van der Waals surface area contributed by atoms with E-state index >= 15 is 0 Å². The Morgan fingerprint density at radius 3 is 2.36 bits per heavy atom. The fraction of sp³-hybridized carbons (Fsp3) is 0.261. The van der Waals surface area contributed by atoms with Crippen LogP contribution in [0, 0.1) is 0 Å². The Hall–Kier alpha value is -3.24. The molecule has 1 fully saturated rings. The number of ether oxygens (including phenoxy) is 1. The highest BCUT2D eigenvalue weighted by atomic mass is 32.2. The van der Waals surface area contributed by atoms with E-state index in [0.29, 0.717) is 13.1 Å². The molecule has 2 aliphatic heterocycles. The molecule has 0 N–H and O–H groups in total. The average molecular weight is 471 g/mol. The van der Waals surface area contributed by atoms with Crippen LogP contribution in [0.25, 0.3) is 0 Å². The van der Waals surface area contributed by atoms with Crippen molar-refractivity contribution < 1.29 is 23.1 Å². The molecule has 2 aliphatic rings. The fourth-order valence-electron chi connectivity index (χ4n) is 4.03. The van der Waals surface area contributed by atoms with Crippen LogP contribution in [0.3, 0.4) is 0 Å². The number of benzene rings is 2. The molecule has 0 saturated carbocycles. The van der Waals surface area contributed by atoms with E-state index in [4.69, 9.17) is 0 Å². The lowest BCUT2D eigenvalue weighted by molar-refractivity contribution is -0.144. The second kappa shape index (κ2) is 8.95. The van der Waals surface area contributed by atoms with E-state index in [1.807, 2.05) is 41.4 Å². The summed E-state index contributed by atoms with van der Waals surface area (Å²) < 4.78 is 30.7. The van der Waals surface area contributed by atoms with Crippen molar-refractivity contribution in [1.82, 2.24) is 19.0 Å². The summed E-state index contributed by atoms with van der Waals surface area (Å²) in [5.74, 6) is 0.194. The average Bonchev–Trinajstić information content (AvgIpc) is 3.33. The van der Waals surface area contributed by atoms with Gasteiger partial charge in [-0.15, -0.1) is 0 Å². The third-order valence-electron chi connectivity index (χ3n) is 5.59. The molecule has 0 aliphatic carbocycles. The molecule has 2 aromatic carbocycles. The number of amides is 1. The van der Waals surface area contributed by atoms with Crippen molar-refractivity contribution in [2.45, 2.75) is 30.6 Å². The molecule has 0 radical (unpaired) electrons. The van der Waals surface area contributed by atoms with Crippen molar-refractivity contribution in [3.63, 3.8) is 0 Å². The van der Waals surface area contributed by atoms with Gasteiger partial charge < -0.3 is 9.64 Å². The van der Waals surface area contributed by atoms with E-state index in [-0.39, 0.29) is 30.5 Å². The smallest absolute Gasteiger partial charge is 0.387 e. The van der Waals surface area contributed by atoms with Crippen LogP contribution >= 0.6 is 11.9 Å². The van der Waals surface area contributed by atoms with Crippen molar-refractivity contribution in [3.8, 4) is 5.75 Å². The summed E-state index contributed by atoms with van der Waals surface area (Å²) in [6, 6.07) is 15.4. The molecule has 5 rings (SSSR count). The van der Waals surface area contributed by atoms with Crippen LogP contribution in [0.5, 0.6) is 5.75 Å². The maximum Gasteiger partial charge on any atom is 0.387 e. The van der Waals surface area contributed by atoms with Crippen molar-refractivity contribution >= 4 is 23.6 Å². The molecular formula is C23H20F2N4O3S. The standard InChI is InChI=1S/C23H20F2N4O3S/c24-23(25)32-18-6-8-19(9-7-18)33-29-11-16-10-28(14-20(16)26-29)22(31)21(27-12-17(30)13-27)15-4-2-1-3-5-15/h1-9,11,21,23H,10,12-14H2. The lowest BCUT2D eigenvalue weighted by Gasteiger charge is -2.38. The van der Waals surface area contributed by atoms with E-state index in [1.54, 1.807) is 21.1 Å². The predicted octanol–water partition coefficient (Wildman–Crippen LogP) is 3.51. The SMILES string of the molecule is O=C1CN(C(C(=O)N2Cc3cn(Sc4ccc(OC(F)F)cc4)nc3C2)c2ccccc2)C1. The van der Waals surface area contributed by atoms with Gasteiger partial charge in [0.2, 0.25) is 5.91 Å². The summed E-state index contributed by atoms with van der Waals surface area (Å²) in [5, 5.41) is 4.58. The number of aromatic nitrogens is 2. The topological polar surface area (TPSA) is 67.7 Å². The second-order valence-electron chi connectivity index (χ2n) is 7.90. The third kappa shape index (κ3) is 4.62. The Morgan fingerprint density at radius 2 is 1.73 bits per heavy atom. The second-order valence-corrected chi connectivity index (χ2v) is 8.92. The quantitative estimate of drug-likeness (QED) is 0.527. The van der Waals surface area contributed by atoms with Crippen LogP contribution in [0.1, 0.15) is 22.9 Å². The molecular weight excluding hydrogens is 450 g/mol. The van der Waals surface area contributed by atoms with Gasteiger partial charge in [0.05, 0.1) is 25.3 Å². The minimum absolute atomic E-state index is 0.0412. The molecule has 1 unspecified atom stereocenters. The normalized spacial score (nSPS) is 16.6. The molecule has 33 heavy (non-hydrogen) atoms. The fourth-order valence-corrected chi connectivity index (χ4v) is 4.82. The number of ketones is 1. The number of halogens is 2. The number of carbonyl (C=O) groups is 2. The molecule has 3 heterocycles. The third-order valence-corrected chi connectivity index (χ3v) is 6.45. The zero-order valence-corrected chi connectivity index (χ0v) is 18.3. The summed E-state index contributed by atoms with van der Waals surface area (Å²) in [6.07, 6.45) is 1.88. The number of alkyl halides is 2. The Morgan fingerprint density at radius 1 is 1.00 bits per heavy atom. The monoisotopic (exact) mass is 470 g/mol. The van der Waals surface area contributed by atoms with Gasteiger partial charge in [-0.2, -0.15) is 13.9 Å². The van der Waals surface area contributed by atoms with Crippen LogP contribution in [-0.4, -0.2) is 50.4 Å². The van der Waals surface area contributed by atoms with Gasteiger partial charge in [-0.3, -0.25) is 14.5 Å². The summed E-state index contributed by atoms with van der Waals surface area (Å²) in [6.45, 7) is -1.44. The van der Waals surface area contributed by atoms with E-state index in [0.717, 1.165) is 21.7 Å². The first-order chi connectivity index (χ1) is 16.0. The van der Waals surface area contributed by atoms with E-state index in [2.05, 4.69) is 9.84 Å². The number of carbonyl (C=O) groups excluding carboxylic acids is 2. The van der Waals surface area contributed by atoms with Gasteiger partial charge in [-0.05, 0) is 29.8 Å². The molecule has 7 nitrogen and oxygen atoms in total. The first-order valence-corrected chi connectivity index (χ1v) is 11.1. The number of fused-ring (bicyclic) bond motifs is 1. The maximum absolute atomic E-state index is 13.4. The van der Waals surface area contributed by atoms with Crippen LogP contribution < -0.4 is 4.74 Å². The predicted molar refractivity (Wildman–Crippen MR) is 117 cm³/mol. The minimum atomic E-state index is -2.86. The van der Waals surface area contributed by atoms with Crippen molar-refractivity contribution in [3.05, 3.63) is 77.6 Å². The van der Waals surface area contributed by atoms with Crippen molar-refractivity contribution in [2.24, 2.45) is 0 Å². The van der Waals surface area contributed by atoms with Gasteiger partial charge in [0, 0.05) is 35.1 Å². The first-order valence-electron chi connectivity index (χ1n) is 10.4. The van der Waals surface area contributed by atoms with Gasteiger partial charge in [0.15, 0.2) is 5.78 Å². The van der Waals surface area contributed by atoms with Crippen LogP contribution in [0.2, 0.25) is 0 Å². The molecule has 10 heteroatoms. The lowest BCUT2D eigenvalue weighted by Crippen LogP contribution is -2.53. The zero-order chi connectivity index (χ0) is 22.9. The number of Topliss-reactive ketones (excluding diaryl/α,β-unsaturated/α-hetero) is 1. The van der Waals surface area contributed by atoms with Gasteiger partial charge >= 0.3 is 6.61 Å².